The van der Waals surface area contributed by atoms with E-state index in [1.54, 1.807) is 12.0 Å². The van der Waals surface area contributed by atoms with Crippen LogP contribution < -0.4 is 0 Å². The number of methoxy groups -OCH3 is 1. The normalized spacial score (nSPS) is 32.8. The quantitative estimate of drug-likeness (QED) is 0.685. The van der Waals surface area contributed by atoms with E-state index in [0.717, 1.165) is 32.7 Å². The molecule has 2 saturated heterocycles. The lowest BCUT2D eigenvalue weighted by atomic mass is 9.99. The highest BCUT2D eigenvalue weighted by atomic mass is 16.5. The monoisotopic (exact) mass is 242 g/mol. The molecule has 0 spiro atoms. The molecule has 0 aromatic carbocycles. The molecule has 0 radical (unpaired) electrons. The highest BCUT2D eigenvalue weighted by molar-refractivity contribution is 5.79. The van der Waals surface area contributed by atoms with E-state index >= 15 is 0 Å². The van der Waals surface area contributed by atoms with Crippen molar-refractivity contribution in [3.63, 3.8) is 0 Å². The number of hydrogen-bond donors (Lipinski definition) is 0. The van der Waals surface area contributed by atoms with Gasteiger partial charge in [-0.1, -0.05) is 0 Å². The number of fused-ring (bicyclic) bond motifs is 2. The van der Waals surface area contributed by atoms with Crippen LogP contribution in [0.5, 0.6) is 0 Å². The number of hydrogen-bond acceptors (Lipinski definition) is 4. The van der Waals surface area contributed by atoms with Gasteiger partial charge in [0.2, 0.25) is 5.91 Å². The molecule has 2 fully saturated rings. The number of amides is 1. The van der Waals surface area contributed by atoms with Gasteiger partial charge in [-0.15, -0.1) is 0 Å². The minimum atomic E-state index is 0.0440. The van der Waals surface area contributed by atoms with Gasteiger partial charge in [0.05, 0.1) is 24.7 Å². The van der Waals surface area contributed by atoms with E-state index in [2.05, 4.69) is 4.90 Å². The molecule has 2 heterocycles. The molecular weight excluding hydrogens is 220 g/mol. The number of morpholine rings is 1. The van der Waals surface area contributed by atoms with Gasteiger partial charge in [0.25, 0.3) is 0 Å². The van der Waals surface area contributed by atoms with E-state index < -0.39 is 0 Å². The van der Waals surface area contributed by atoms with Gasteiger partial charge >= 0.3 is 0 Å². The largest absolute Gasteiger partial charge is 0.383 e. The van der Waals surface area contributed by atoms with Crippen LogP contribution in [0.15, 0.2) is 0 Å². The molecule has 0 saturated carbocycles. The van der Waals surface area contributed by atoms with Crippen LogP contribution in [0.3, 0.4) is 0 Å². The Morgan fingerprint density at radius 1 is 1.47 bits per heavy atom. The topological polar surface area (TPSA) is 42.0 Å². The first-order valence-electron chi connectivity index (χ1n) is 6.19. The maximum Gasteiger partial charge on any atom is 0.227 e. The highest BCUT2D eigenvalue weighted by Gasteiger charge is 2.44. The molecule has 0 aromatic heterocycles. The van der Waals surface area contributed by atoms with Gasteiger partial charge in [0.1, 0.15) is 0 Å². The second kappa shape index (κ2) is 5.33. The van der Waals surface area contributed by atoms with Crippen LogP contribution in [0.25, 0.3) is 0 Å². The predicted octanol–water partition coefficient (Wildman–Crippen LogP) is -0.190. The fraction of sp³-hybridized carbons (Fsp3) is 0.917. The molecule has 0 aromatic rings. The zero-order chi connectivity index (χ0) is 12.4. The first-order valence-corrected chi connectivity index (χ1v) is 6.19. The van der Waals surface area contributed by atoms with Crippen molar-refractivity contribution in [1.29, 1.82) is 0 Å². The number of likely N-dealkylation sites (tertiary alicyclic amines) is 1. The van der Waals surface area contributed by atoms with E-state index in [1.807, 2.05) is 14.1 Å². The maximum atomic E-state index is 12.0. The molecule has 2 bridgehead atoms. The van der Waals surface area contributed by atoms with Crippen LogP contribution in [0.1, 0.15) is 6.42 Å². The second-order valence-corrected chi connectivity index (χ2v) is 5.12. The number of carbonyl (C=O) groups excluding carboxylic acids is 1. The van der Waals surface area contributed by atoms with Crippen LogP contribution in [0.2, 0.25) is 0 Å². The third-order valence-electron chi connectivity index (χ3n) is 3.60. The van der Waals surface area contributed by atoms with E-state index in [4.69, 9.17) is 9.47 Å². The molecule has 2 rings (SSSR count). The Morgan fingerprint density at radius 2 is 2.24 bits per heavy atom. The Labute approximate surface area is 103 Å². The van der Waals surface area contributed by atoms with Gasteiger partial charge in [-0.25, -0.2) is 0 Å². The van der Waals surface area contributed by atoms with Crippen LogP contribution in [0, 0.1) is 5.92 Å². The molecule has 0 unspecified atom stereocenters. The SMILES string of the molecule is COCCN1C[C@H]2C[C@@H](C(=O)N(C)C)[C@@H](C1)O2. The lowest BCUT2D eigenvalue weighted by molar-refractivity contribution is -0.136. The van der Waals surface area contributed by atoms with Gasteiger partial charge in [-0.3, -0.25) is 9.69 Å². The lowest BCUT2D eigenvalue weighted by Crippen LogP contribution is -2.46. The molecule has 0 aliphatic carbocycles. The minimum Gasteiger partial charge on any atom is -0.383 e. The summed E-state index contributed by atoms with van der Waals surface area (Å²) in [6.45, 7) is 3.45. The Balaban J connectivity index is 1.92. The van der Waals surface area contributed by atoms with Crippen molar-refractivity contribution >= 4 is 5.91 Å². The second-order valence-electron chi connectivity index (χ2n) is 5.12. The van der Waals surface area contributed by atoms with Gasteiger partial charge in [0, 0.05) is 40.8 Å². The van der Waals surface area contributed by atoms with Gasteiger partial charge in [0.15, 0.2) is 0 Å². The maximum absolute atomic E-state index is 12.0. The lowest BCUT2D eigenvalue weighted by Gasteiger charge is -2.32. The van der Waals surface area contributed by atoms with Gasteiger partial charge in [-0.05, 0) is 6.42 Å². The number of rotatable bonds is 4. The number of nitrogens with zero attached hydrogens (tertiary/aromatic N) is 2. The summed E-state index contributed by atoms with van der Waals surface area (Å²) in [6, 6.07) is 0. The van der Waals surface area contributed by atoms with Crippen molar-refractivity contribution in [2.45, 2.75) is 18.6 Å². The van der Waals surface area contributed by atoms with Gasteiger partial charge in [-0.2, -0.15) is 0 Å². The van der Waals surface area contributed by atoms with E-state index in [-0.39, 0.29) is 24.0 Å². The summed E-state index contributed by atoms with van der Waals surface area (Å²) in [6.07, 6.45) is 1.16. The standard InChI is InChI=1S/C12H22N2O3/c1-13(2)12(15)10-6-9-7-14(4-5-16-3)8-11(10)17-9/h9-11H,4-8H2,1-3H3/t9-,10-,11-/m1/s1. The average molecular weight is 242 g/mol. The summed E-state index contributed by atoms with van der Waals surface area (Å²) >= 11 is 0. The summed E-state index contributed by atoms with van der Waals surface area (Å²) in [5.41, 5.74) is 0. The average Bonchev–Trinajstić information content (AvgIpc) is 2.60. The zero-order valence-corrected chi connectivity index (χ0v) is 10.9. The summed E-state index contributed by atoms with van der Waals surface area (Å²) in [5, 5.41) is 0. The van der Waals surface area contributed by atoms with Crippen LogP contribution in [0.4, 0.5) is 0 Å². The van der Waals surface area contributed by atoms with E-state index in [0.29, 0.717) is 0 Å². The molecule has 2 aliphatic rings. The van der Waals surface area contributed by atoms with Crippen molar-refractivity contribution in [1.82, 2.24) is 9.80 Å². The summed E-state index contributed by atoms with van der Waals surface area (Å²) in [4.78, 5) is 16.0. The Hall–Kier alpha value is -0.650. The molecule has 0 N–H and O–H groups in total. The smallest absolute Gasteiger partial charge is 0.227 e. The third kappa shape index (κ3) is 2.78. The molecule has 17 heavy (non-hydrogen) atoms. The number of carbonyl (C=O) groups is 1. The summed E-state index contributed by atoms with van der Waals surface area (Å²) < 4.78 is 11.0. The Bertz CT molecular complexity index is 283. The van der Waals surface area contributed by atoms with Crippen molar-refractivity contribution in [2.24, 2.45) is 5.92 Å². The molecule has 2 aliphatic heterocycles. The Kier molecular flexibility index (Phi) is 4.01. The molecule has 98 valence electrons. The Morgan fingerprint density at radius 3 is 2.88 bits per heavy atom. The fourth-order valence-corrected chi connectivity index (χ4v) is 2.73. The predicted molar refractivity (Wildman–Crippen MR) is 63.8 cm³/mol. The summed E-state index contributed by atoms with van der Waals surface area (Å²) in [5.74, 6) is 0.244. The third-order valence-corrected chi connectivity index (χ3v) is 3.60. The van der Waals surface area contributed by atoms with Crippen molar-refractivity contribution in [2.75, 3.05) is 47.4 Å². The van der Waals surface area contributed by atoms with E-state index in [1.165, 1.54) is 0 Å². The van der Waals surface area contributed by atoms with Crippen LogP contribution in [-0.2, 0) is 14.3 Å². The minimum absolute atomic E-state index is 0.0440. The highest BCUT2D eigenvalue weighted by Crippen LogP contribution is 2.32. The zero-order valence-electron chi connectivity index (χ0n) is 10.9. The first kappa shape index (κ1) is 12.8. The van der Waals surface area contributed by atoms with Crippen LogP contribution >= 0.6 is 0 Å². The molecule has 1 amide bonds. The first-order chi connectivity index (χ1) is 8.11. The molecule has 5 heteroatoms. The summed E-state index contributed by atoms with van der Waals surface area (Å²) in [7, 11) is 5.34. The van der Waals surface area contributed by atoms with Crippen molar-refractivity contribution < 1.29 is 14.3 Å². The molecular formula is C12H22N2O3. The fourth-order valence-electron chi connectivity index (χ4n) is 2.73. The van der Waals surface area contributed by atoms with Gasteiger partial charge < -0.3 is 14.4 Å². The number of ether oxygens (including phenoxy) is 2. The van der Waals surface area contributed by atoms with Crippen molar-refractivity contribution in [3.8, 4) is 0 Å². The van der Waals surface area contributed by atoms with E-state index in [9.17, 15) is 4.79 Å². The molecule has 5 nitrogen and oxygen atoms in total. The van der Waals surface area contributed by atoms with Crippen molar-refractivity contribution in [3.05, 3.63) is 0 Å². The van der Waals surface area contributed by atoms with Crippen LogP contribution in [-0.4, -0.2) is 75.4 Å². The molecule has 3 atom stereocenters.